The van der Waals surface area contributed by atoms with Gasteiger partial charge in [-0.05, 0) is 26.8 Å². The lowest BCUT2D eigenvalue weighted by Crippen LogP contribution is -2.32. The van der Waals surface area contributed by atoms with Crippen LogP contribution in [0.15, 0.2) is 12.4 Å². The third kappa shape index (κ3) is 2.26. The molecule has 0 aliphatic rings. The summed E-state index contributed by atoms with van der Waals surface area (Å²) in [7, 11) is 2.06. The molecule has 0 aliphatic carbocycles. The Kier molecular flexibility index (Phi) is 3.95. The maximum atomic E-state index is 5.54. The highest BCUT2D eigenvalue weighted by Crippen LogP contribution is 2.13. The normalized spacial score (nSPS) is 12.9. The Morgan fingerprint density at radius 3 is 2.93 bits per heavy atom. The Hall–Kier alpha value is -1.03. The van der Waals surface area contributed by atoms with Crippen molar-refractivity contribution < 1.29 is 0 Å². The predicted octanol–water partition coefficient (Wildman–Crippen LogP) is 1.08. The molecule has 1 heterocycles. The molecule has 4 heteroatoms. The molecule has 0 saturated carbocycles. The third-order valence-corrected chi connectivity index (χ3v) is 2.60. The highest BCUT2D eigenvalue weighted by Gasteiger charge is 2.13. The molecule has 0 aliphatic heterocycles. The van der Waals surface area contributed by atoms with Crippen molar-refractivity contribution >= 4 is 5.95 Å². The zero-order valence-electron chi connectivity index (χ0n) is 9.27. The molecule has 0 saturated heterocycles. The van der Waals surface area contributed by atoms with E-state index in [-0.39, 0.29) is 0 Å². The topological polar surface area (TPSA) is 47.1 Å². The summed E-state index contributed by atoms with van der Waals surface area (Å²) in [6.45, 7) is 5.96. The number of rotatable bonds is 5. The molecule has 0 spiro atoms. The summed E-state index contributed by atoms with van der Waals surface area (Å²) in [5, 5.41) is 0. The van der Waals surface area contributed by atoms with E-state index in [1.807, 2.05) is 12.4 Å². The van der Waals surface area contributed by atoms with Gasteiger partial charge in [0.05, 0.1) is 0 Å². The molecule has 0 amide bonds. The number of nitrogens with zero attached hydrogens (tertiary/aromatic N) is 3. The molecule has 14 heavy (non-hydrogen) atoms. The Morgan fingerprint density at radius 1 is 1.64 bits per heavy atom. The first kappa shape index (κ1) is 11.0. The SMILES string of the molecule is CCn1ccnc1N(C)C(C)CCN. The van der Waals surface area contributed by atoms with E-state index >= 15 is 0 Å². The van der Waals surface area contributed by atoms with Crippen LogP contribution in [-0.2, 0) is 6.54 Å². The fraction of sp³-hybridized carbons (Fsp3) is 0.700. The standard InChI is InChI=1S/C10H20N4/c1-4-14-8-7-12-10(14)13(3)9(2)5-6-11/h7-9H,4-6,11H2,1-3H3. The smallest absolute Gasteiger partial charge is 0.205 e. The van der Waals surface area contributed by atoms with E-state index in [9.17, 15) is 0 Å². The highest BCUT2D eigenvalue weighted by atomic mass is 15.3. The first-order valence-electron chi connectivity index (χ1n) is 5.14. The van der Waals surface area contributed by atoms with E-state index in [1.54, 1.807) is 0 Å². The Morgan fingerprint density at radius 2 is 2.36 bits per heavy atom. The van der Waals surface area contributed by atoms with Gasteiger partial charge >= 0.3 is 0 Å². The summed E-state index contributed by atoms with van der Waals surface area (Å²) < 4.78 is 2.13. The van der Waals surface area contributed by atoms with E-state index in [1.165, 1.54) is 0 Å². The van der Waals surface area contributed by atoms with Gasteiger partial charge in [0.1, 0.15) is 0 Å². The first-order valence-corrected chi connectivity index (χ1v) is 5.14. The second-order valence-electron chi connectivity index (χ2n) is 3.55. The lowest BCUT2D eigenvalue weighted by Gasteiger charge is -2.25. The molecule has 4 nitrogen and oxygen atoms in total. The van der Waals surface area contributed by atoms with Gasteiger partial charge in [0, 0.05) is 32.0 Å². The summed E-state index contributed by atoms with van der Waals surface area (Å²) in [6, 6.07) is 0.438. The molecule has 1 aromatic rings. The van der Waals surface area contributed by atoms with Crippen molar-refractivity contribution in [3.63, 3.8) is 0 Å². The zero-order chi connectivity index (χ0) is 10.6. The molecule has 0 fully saturated rings. The molecular weight excluding hydrogens is 176 g/mol. The lowest BCUT2D eigenvalue weighted by molar-refractivity contribution is 0.604. The lowest BCUT2D eigenvalue weighted by atomic mass is 10.2. The molecule has 0 radical (unpaired) electrons. The van der Waals surface area contributed by atoms with Crippen molar-refractivity contribution in [1.82, 2.24) is 9.55 Å². The second kappa shape index (κ2) is 5.00. The van der Waals surface area contributed by atoms with Crippen LogP contribution >= 0.6 is 0 Å². The molecule has 2 N–H and O–H groups in total. The van der Waals surface area contributed by atoms with Crippen molar-refractivity contribution in [3.05, 3.63) is 12.4 Å². The number of hydrogen-bond donors (Lipinski definition) is 1. The van der Waals surface area contributed by atoms with Crippen LogP contribution in [0, 0.1) is 0 Å². The average Bonchev–Trinajstić information content (AvgIpc) is 2.64. The van der Waals surface area contributed by atoms with E-state index in [2.05, 4.69) is 35.3 Å². The number of imidazole rings is 1. The highest BCUT2D eigenvalue weighted by molar-refractivity contribution is 5.31. The third-order valence-electron chi connectivity index (χ3n) is 2.60. The van der Waals surface area contributed by atoms with Crippen LogP contribution in [-0.4, -0.2) is 29.2 Å². The summed E-state index contributed by atoms with van der Waals surface area (Å²) in [5.74, 6) is 1.02. The fourth-order valence-electron chi connectivity index (χ4n) is 1.49. The number of aryl methyl sites for hydroxylation is 1. The van der Waals surface area contributed by atoms with Crippen LogP contribution < -0.4 is 10.6 Å². The zero-order valence-corrected chi connectivity index (χ0v) is 9.27. The van der Waals surface area contributed by atoms with Gasteiger partial charge in [-0.15, -0.1) is 0 Å². The van der Waals surface area contributed by atoms with E-state index in [0.717, 1.165) is 25.5 Å². The molecule has 1 atom stereocenters. The quantitative estimate of drug-likeness (QED) is 0.766. The van der Waals surface area contributed by atoms with Gasteiger partial charge in [-0.3, -0.25) is 0 Å². The van der Waals surface area contributed by atoms with Gasteiger partial charge in [-0.2, -0.15) is 0 Å². The molecule has 1 aromatic heterocycles. The van der Waals surface area contributed by atoms with Crippen LogP contribution in [0.2, 0.25) is 0 Å². The van der Waals surface area contributed by atoms with E-state index in [0.29, 0.717) is 6.04 Å². The summed E-state index contributed by atoms with van der Waals surface area (Å²) in [5.41, 5.74) is 5.54. The Balaban J connectivity index is 2.72. The maximum Gasteiger partial charge on any atom is 0.205 e. The van der Waals surface area contributed by atoms with Crippen LogP contribution in [0.4, 0.5) is 5.95 Å². The van der Waals surface area contributed by atoms with Crippen LogP contribution in [0.25, 0.3) is 0 Å². The fourth-order valence-corrected chi connectivity index (χ4v) is 1.49. The van der Waals surface area contributed by atoms with Gasteiger partial charge in [-0.25, -0.2) is 4.98 Å². The van der Waals surface area contributed by atoms with Gasteiger partial charge in [0.25, 0.3) is 0 Å². The summed E-state index contributed by atoms with van der Waals surface area (Å²) in [6.07, 6.45) is 4.83. The largest absolute Gasteiger partial charge is 0.343 e. The van der Waals surface area contributed by atoms with Crippen molar-refractivity contribution in [2.24, 2.45) is 5.73 Å². The molecule has 1 unspecified atom stereocenters. The first-order chi connectivity index (χ1) is 6.70. The minimum Gasteiger partial charge on any atom is -0.343 e. The van der Waals surface area contributed by atoms with E-state index < -0.39 is 0 Å². The molecule has 0 aromatic carbocycles. The number of hydrogen-bond acceptors (Lipinski definition) is 3. The Labute approximate surface area is 85.7 Å². The molecule has 0 bridgehead atoms. The van der Waals surface area contributed by atoms with Crippen molar-refractivity contribution in [1.29, 1.82) is 0 Å². The second-order valence-corrected chi connectivity index (χ2v) is 3.55. The minimum atomic E-state index is 0.438. The van der Waals surface area contributed by atoms with E-state index in [4.69, 9.17) is 5.73 Å². The average molecular weight is 196 g/mol. The van der Waals surface area contributed by atoms with Crippen LogP contribution in [0.1, 0.15) is 20.3 Å². The predicted molar refractivity (Wildman–Crippen MR) is 59.4 cm³/mol. The molecule has 1 rings (SSSR count). The number of nitrogens with two attached hydrogens (primary N) is 1. The van der Waals surface area contributed by atoms with Gasteiger partial charge in [-0.1, -0.05) is 0 Å². The van der Waals surface area contributed by atoms with Crippen molar-refractivity contribution in [2.75, 3.05) is 18.5 Å². The summed E-state index contributed by atoms with van der Waals surface area (Å²) in [4.78, 5) is 6.52. The molecule has 80 valence electrons. The van der Waals surface area contributed by atoms with Gasteiger partial charge in [0.15, 0.2) is 0 Å². The van der Waals surface area contributed by atoms with Crippen molar-refractivity contribution in [3.8, 4) is 0 Å². The monoisotopic (exact) mass is 196 g/mol. The Bertz CT molecular complexity index is 269. The minimum absolute atomic E-state index is 0.438. The van der Waals surface area contributed by atoms with Gasteiger partial charge in [0.2, 0.25) is 5.95 Å². The summed E-state index contributed by atoms with van der Waals surface area (Å²) >= 11 is 0. The van der Waals surface area contributed by atoms with Crippen LogP contribution in [0.3, 0.4) is 0 Å². The molecular formula is C10H20N4. The van der Waals surface area contributed by atoms with Gasteiger partial charge < -0.3 is 15.2 Å². The number of aromatic nitrogens is 2. The number of anilines is 1. The van der Waals surface area contributed by atoms with Crippen molar-refractivity contribution in [2.45, 2.75) is 32.9 Å². The van der Waals surface area contributed by atoms with Crippen LogP contribution in [0.5, 0.6) is 0 Å². The maximum absolute atomic E-state index is 5.54.